The van der Waals surface area contributed by atoms with Gasteiger partial charge in [-0.15, -0.1) is 11.6 Å². The molecule has 0 unspecified atom stereocenters. The monoisotopic (exact) mass is 284 g/mol. The van der Waals surface area contributed by atoms with E-state index in [4.69, 9.17) is 27.9 Å². The predicted molar refractivity (Wildman–Crippen MR) is 73.6 cm³/mol. The topological polar surface area (TPSA) is 27.1 Å². The molecule has 0 atom stereocenters. The first-order valence-corrected chi connectivity index (χ1v) is 6.46. The number of aryl methyl sites for hydroxylation is 1. The minimum Gasteiger partial charge on any atom is -0.378 e. The van der Waals surface area contributed by atoms with Gasteiger partial charge in [0.2, 0.25) is 0 Å². The van der Waals surface area contributed by atoms with E-state index in [1.54, 1.807) is 11.8 Å². The van der Waals surface area contributed by atoms with Gasteiger partial charge in [0, 0.05) is 12.7 Å². The van der Waals surface area contributed by atoms with Crippen LogP contribution < -0.4 is 0 Å². The third-order valence-corrected chi connectivity index (χ3v) is 3.35. The summed E-state index contributed by atoms with van der Waals surface area (Å²) in [6, 6.07) is 7.99. The molecule has 3 nitrogen and oxygen atoms in total. The molecule has 1 heterocycles. The van der Waals surface area contributed by atoms with Gasteiger partial charge in [0.25, 0.3) is 0 Å². The number of methoxy groups -OCH3 is 1. The normalized spacial score (nSPS) is 10.9. The molecule has 2 aromatic rings. The number of hydrogen-bond acceptors (Lipinski definition) is 2. The fraction of sp³-hybridized carbons (Fsp3) is 0.308. The second kappa shape index (κ2) is 5.74. The van der Waals surface area contributed by atoms with Crippen molar-refractivity contribution in [3.63, 3.8) is 0 Å². The molecular weight excluding hydrogens is 271 g/mol. The van der Waals surface area contributed by atoms with Crippen LogP contribution in [0.1, 0.15) is 16.8 Å². The van der Waals surface area contributed by atoms with Crippen LogP contribution in [-0.2, 0) is 17.2 Å². The summed E-state index contributed by atoms with van der Waals surface area (Å²) in [5.41, 5.74) is 3.70. The minimum atomic E-state index is 0.323. The van der Waals surface area contributed by atoms with Crippen molar-refractivity contribution in [2.75, 3.05) is 7.11 Å². The number of aromatic nitrogens is 2. The lowest BCUT2D eigenvalue weighted by atomic mass is 10.2. The summed E-state index contributed by atoms with van der Waals surface area (Å²) >= 11 is 12.2. The molecule has 0 bridgehead atoms. The Morgan fingerprint density at radius 2 is 1.94 bits per heavy atom. The van der Waals surface area contributed by atoms with Crippen molar-refractivity contribution in [1.82, 2.24) is 9.78 Å². The molecule has 0 aliphatic rings. The summed E-state index contributed by atoms with van der Waals surface area (Å²) in [5, 5.41) is 4.99. The summed E-state index contributed by atoms with van der Waals surface area (Å²) in [4.78, 5) is 0. The maximum Gasteiger partial charge on any atom is 0.137 e. The maximum atomic E-state index is 6.30. The van der Waals surface area contributed by atoms with Crippen molar-refractivity contribution in [1.29, 1.82) is 0 Å². The van der Waals surface area contributed by atoms with E-state index < -0.39 is 0 Å². The second-order valence-corrected chi connectivity index (χ2v) is 4.66. The van der Waals surface area contributed by atoms with Crippen molar-refractivity contribution >= 4 is 23.2 Å². The van der Waals surface area contributed by atoms with Gasteiger partial charge in [-0.05, 0) is 19.1 Å². The van der Waals surface area contributed by atoms with Gasteiger partial charge < -0.3 is 4.74 Å². The number of ether oxygens (including phenoxy) is 1. The van der Waals surface area contributed by atoms with E-state index >= 15 is 0 Å². The lowest BCUT2D eigenvalue weighted by Crippen LogP contribution is -1.98. The minimum absolute atomic E-state index is 0.323. The van der Waals surface area contributed by atoms with Crippen LogP contribution in [0.2, 0.25) is 5.15 Å². The molecule has 0 saturated heterocycles. The lowest BCUT2D eigenvalue weighted by Gasteiger charge is -2.03. The molecule has 0 aliphatic carbocycles. The third-order valence-electron chi connectivity index (χ3n) is 2.70. The van der Waals surface area contributed by atoms with Crippen molar-refractivity contribution in [2.24, 2.45) is 0 Å². The zero-order valence-corrected chi connectivity index (χ0v) is 11.8. The number of rotatable bonds is 4. The van der Waals surface area contributed by atoms with Gasteiger partial charge in [0.05, 0.1) is 23.9 Å². The molecule has 0 amide bonds. The molecule has 1 aromatic carbocycles. The molecule has 0 saturated carbocycles. The largest absolute Gasteiger partial charge is 0.378 e. The predicted octanol–water partition coefficient (Wildman–Crippen LogP) is 3.72. The van der Waals surface area contributed by atoms with Crippen LogP contribution in [0.4, 0.5) is 0 Å². The number of nitrogens with zero attached hydrogens (tertiary/aromatic N) is 2. The summed E-state index contributed by atoms with van der Waals surface area (Å²) in [5.74, 6) is 0.323. The number of halogens is 2. The molecule has 18 heavy (non-hydrogen) atoms. The molecule has 96 valence electrons. The highest BCUT2D eigenvalue weighted by Gasteiger charge is 2.16. The molecule has 0 N–H and O–H groups in total. The summed E-state index contributed by atoms with van der Waals surface area (Å²) < 4.78 is 6.79. The first-order valence-electron chi connectivity index (χ1n) is 5.55. The molecule has 1 aromatic heterocycles. The van der Waals surface area contributed by atoms with Crippen LogP contribution in [0.3, 0.4) is 0 Å². The van der Waals surface area contributed by atoms with Gasteiger partial charge in [0.1, 0.15) is 5.15 Å². The molecular formula is C13H14Cl2N2O. The van der Waals surface area contributed by atoms with Crippen LogP contribution >= 0.6 is 23.2 Å². The van der Waals surface area contributed by atoms with Crippen LogP contribution in [-0.4, -0.2) is 16.9 Å². The number of benzene rings is 1. The summed E-state index contributed by atoms with van der Waals surface area (Å²) in [6.45, 7) is 2.44. The molecule has 0 spiro atoms. The second-order valence-electron chi connectivity index (χ2n) is 4.03. The van der Waals surface area contributed by atoms with Crippen LogP contribution in [0.15, 0.2) is 24.3 Å². The Hall–Kier alpha value is -1.03. The van der Waals surface area contributed by atoms with Gasteiger partial charge in [-0.25, -0.2) is 4.68 Å². The van der Waals surface area contributed by atoms with Gasteiger partial charge in [-0.2, -0.15) is 5.10 Å². The summed E-state index contributed by atoms with van der Waals surface area (Å²) in [7, 11) is 1.62. The van der Waals surface area contributed by atoms with E-state index in [0.29, 0.717) is 17.6 Å². The van der Waals surface area contributed by atoms with E-state index in [0.717, 1.165) is 16.9 Å². The molecule has 2 rings (SSSR count). The zero-order chi connectivity index (χ0) is 13.1. The van der Waals surface area contributed by atoms with Gasteiger partial charge in [-0.3, -0.25) is 0 Å². The Balaban J connectivity index is 2.47. The highest BCUT2D eigenvalue weighted by Crippen LogP contribution is 2.25. The summed E-state index contributed by atoms with van der Waals surface area (Å²) in [6.07, 6.45) is 0. The van der Waals surface area contributed by atoms with Gasteiger partial charge in [0.15, 0.2) is 0 Å². The van der Waals surface area contributed by atoms with E-state index in [-0.39, 0.29) is 0 Å². The molecule has 0 aliphatic heterocycles. The highest BCUT2D eigenvalue weighted by atomic mass is 35.5. The van der Waals surface area contributed by atoms with E-state index in [1.807, 2.05) is 31.2 Å². The SMILES string of the molecule is COCc1nn(-c2ccc(C)cc2)c(Cl)c1CCl. The quantitative estimate of drug-likeness (QED) is 0.800. The fourth-order valence-corrected chi connectivity index (χ4v) is 2.37. The molecule has 0 radical (unpaired) electrons. The standard InChI is InChI=1S/C13H14Cl2N2O/c1-9-3-5-10(6-4-9)17-13(15)11(7-14)12(16-17)8-18-2/h3-6H,7-8H2,1-2H3. The maximum absolute atomic E-state index is 6.30. The van der Waals surface area contributed by atoms with E-state index in [9.17, 15) is 0 Å². The zero-order valence-electron chi connectivity index (χ0n) is 10.3. The number of alkyl halides is 1. The molecule has 0 fully saturated rings. The van der Waals surface area contributed by atoms with Crippen LogP contribution in [0.5, 0.6) is 0 Å². The van der Waals surface area contributed by atoms with Gasteiger partial charge >= 0.3 is 0 Å². The van der Waals surface area contributed by atoms with Crippen molar-refractivity contribution in [3.05, 3.63) is 46.2 Å². The smallest absolute Gasteiger partial charge is 0.137 e. The average molecular weight is 285 g/mol. The average Bonchev–Trinajstić information content (AvgIpc) is 2.67. The van der Waals surface area contributed by atoms with Crippen LogP contribution in [0.25, 0.3) is 5.69 Å². The first-order chi connectivity index (χ1) is 8.67. The van der Waals surface area contributed by atoms with Crippen molar-refractivity contribution in [3.8, 4) is 5.69 Å². The van der Waals surface area contributed by atoms with Crippen LogP contribution in [0, 0.1) is 6.92 Å². The van der Waals surface area contributed by atoms with Gasteiger partial charge in [-0.1, -0.05) is 29.3 Å². The van der Waals surface area contributed by atoms with Crippen molar-refractivity contribution in [2.45, 2.75) is 19.4 Å². The van der Waals surface area contributed by atoms with E-state index in [1.165, 1.54) is 5.56 Å². The Morgan fingerprint density at radius 3 is 2.50 bits per heavy atom. The highest BCUT2D eigenvalue weighted by molar-refractivity contribution is 6.31. The molecule has 5 heteroatoms. The Labute approximate surface area is 116 Å². The first kappa shape index (κ1) is 13.4. The third kappa shape index (κ3) is 2.53. The fourth-order valence-electron chi connectivity index (χ4n) is 1.71. The van der Waals surface area contributed by atoms with E-state index in [2.05, 4.69) is 5.10 Å². The Bertz CT molecular complexity index is 535. The Morgan fingerprint density at radius 1 is 1.28 bits per heavy atom. The lowest BCUT2D eigenvalue weighted by molar-refractivity contribution is 0.180. The van der Waals surface area contributed by atoms with Crippen molar-refractivity contribution < 1.29 is 4.74 Å². The number of hydrogen-bond donors (Lipinski definition) is 0. The Kier molecular flexibility index (Phi) is 4.27.